The van der Waals surface area contributed by atoms with E-state index < -0.39 is 6.10 Å². The van der Waals surface area contributed by atoms with Gasteiger partial charge in [-0.1, -0.05) is 295 Å². The molecule has 0 spiro atoms. The number of allylic oxidation sites excluding steroid dienone is 24. The fraction of sp³-hybridized carbons (Fsp3) is 0.645. The van der Waals surface area contributed by atoms with Gasteiger partial charge < -0.3 is 14.2 Å². The lowest BCUT2D eigenvalue weighted by molar-refractivity contribution is -0.167. The first kappa shape index (κ1) is 77.3. The van der Waals surface area contributed by atoms with Gasteiger partial charge in [0.25, 0.3) is 0 Å². The van der Waals surface area contributed by atoms with Crippen LogP contribution in [0.25, 0.3) is 0 Å². The topological polar surface area (TPSA) is 78.9 Å². The standard InChI is InChI=1S/C76H124O6/c1-4-7-10-13-16-19-22-25-28-30-31-32-33-34-35-36-37-38-39-40-41-42-43-44-45-47-48-51-54-57-60-63-66-69-75(78)81-72-73(71-80-74(77)68-65-62-59-56-53-50-27-24-21-18-15-12-9-6-3)82-76(79)70-67-64-61-58-55-52-49-46-29-26-23-20-17-14-11-8-5-2/h7-8,10-11,15-20,24-29,31-32,34-35,49,52,58,61,73H,4-6,9,12-14,21-23,30,33,36-48,50-51,53-57,59-60,62-72H2,1-3H3/b10-7-,11-8-,18-15-,19-16-,20-17-,27-24-,28-25-,29-26-,32-31-,35-34-,52-49-,61-58-. The van der Waals surface area contributed by atoms with Crippen molar-refractivity contribution in [1.82, 2.24) is 0 Å². The van der Waals surface area contributed by atoms with Gasteiger partial charge in [-0.15, -0.1) is 0 Å². The van der Waals surface area contributed by atoms with Crippen LogP contribution in [-0.2, 0) is 28.6 Å². The highest BCUT2D eigenvalue weighted by molar-refractivity contribution is 5.71. The van der Waals surface area contributed by atoms with Crippen molar-refractivity contribution in [3.8, 4) is 0 Å². The Labute approximate surface area is 506 Å². The number of hydrogen-bond acceptors (Lipinski definition) is 6. The lowest BCUT2D eigenvalue weighted by Crippen LogP contribution is -2.30. The van der Waals surface area contributed by atoms with Crippen LogP contribution in [0.4, 0.5) is 0 Å². The van der Waals surface area contributed by atoms with E-state index in [4.69, 9.17) is 14.2 Å². The SMILES string of the molecule is CC/C=C\C/C=C\C/C=C\C/C=C\C/C=C\CCCCCCCCCCCCCCCCCCCC(=O)OCC(COC(=O)CCCCCCC/C=C\C/C=C\CCCC)OC(=O)CCC/C=C\C/C=C\C/C=C\C/C=C\C/C=C\CC. The maximum Gasteiger partial charge on any atom is 0.306 e. The molecule has 0 amide bonds. The van der Waals surface area contributed by atoms with Gasteiger partial charge in [-0.05, 0) is 128 Å². The predicted octanol–water partition coefficient (Wildman–Crippen LogP) is 23.5. The normalized spacial score (nSPS) is 13.1. The van der Waals surface area contributed by atoms with E-state index in [1.54, 1.807) is 0 Å². The Bertz CT molecular complexity index is 1780. The molecular formula is C76H124O6. The van der Waals surface area contributed by atoms with E-state index in [0.29, 0.717) is 19.3 Å². The van der Waals surface area contributed by atoms with E-state index in [2.05, 4.69) is 167 Å². The Balaban J connectivity index is 4.27. The quantitative estimate of drug-likeness (QED) is 0.0261. The van der Waals surface area contributed by atoms with Gasteiger partial charge in [0, 0.05) is 19.3 Å². The lowest BCUT2D eigenvalue weighted by atomic mass is 10.0. The van der Waals surface area contributed by atoms with Crippen molar-refractivity contribution in [3.63, 3.8) is 0 Å². The monoisotopic (exact) mass is 1130 g/mol. The molecule has 6 nitrogen and oxygen atoms in total. The van der Waals surface area contributed by atoms with Gasteiger partial charge in [-0.3, -0.25) is 14.4 Å². The number of hydrogen-bond donors (Lipinski definition) is 0. The van der Waals surface area contributed by atoms with Gasteiger partial charge in [-0.25, -0.2) is 0 Å². The van der Waals surface area contributed by atoms with Gasteiger partial charge >= 0.3 is 17.9 Å². The molecule has 0 aliphatic heterocycles. The highest BCUT2D eigenvalue weighted by Gasteiger charge is 2.19. The van der Waals surface area contributed by atoms with E-state index >= 15 is 0 Å². The first-order chi connectivity index (χ1) is 40.5. The van der Waals surface area contributed by atoms with Crippen LogP contribution in [0.3, 0.4) is 0 Å². The molecule has 82 heavy (non-hydrogen) atoms. The van der Waals surface area contributed by atoms with Gasteiger partial charge in [0.05, 0.1) is 0 Å². The van der Waals surface area contributed by atoms with Crippen LogP contribution in [0.15, 0.2) is 146 Å². The van der Waals surface area contributed by atoms with Crippen LogP contribution in [0.5, 0.6) is 0 Å². The van der Waals surface area contributed by atoms with Gasteiger partial charge in [0.2, 0.25) is 0 Å². The molecule has 0 aliphatic rings. The average molecular weight is 1130 g/mol. The summed E-state index contributed by atoms with van der Waals surface area (Å²) in [4.78, 5) is 38.3. The maximum atomic E-state index is 12.9. The smallest absolute Gasteiger partial charge is 0.306 e. The molecule has 0 aromatic rings. The molecular weight excluding hydrogens is 1010 g/mol. The summed E-state index contributed by atoms with van der Waals surface area (Å²) >= 11 is 0. The molecule has 464 valence electrons. The Morgan fingerprint density at radius 1 is 0.256 bits per heavy atom. The molecule has 0 N–H and O–H groups in total. The van der Waals surface area contributed by atoms with Crippen molar-refractivity contribution >= 4 is 17.9 Å². The highest BCUT2D eigenvalue weighted by atomic mass is 16.6. The molecule has 0 radical (unpaired) electrons. The summed E-state index contributed by atoms with van der Waals surface area (Å²) in [5, 5.41) is 0. The van der Waals surface area contributed by atoms with E-state index in [-0.39, 0.29) is 37.5 Å². The van der Waals surface area contributed by atoms with Crippen molar-refractivity contribution in [2.24, 2.45) is 0 Å². The van der Waals surface area contributed by atoms with Crippen LogP contribution >= 0.6 is 0 Å². The first-order valence-corrected chi connectivity index (χ1v) is 33.8. The van der Waals surface area contributed by atoms with Crippen LogP contribution in [0.2, 0.25) is 0 Å². The summed E-state index contributed by atoms with van der Waals surface area (Å²) in [6.45, 7) is 6.32. The molecule has 6 heteroatoms. The maximum absolute atomic E-state index is 12.9. The molecule has 0 saturated carbocycles. The minimum Gasteiger partial charge on any atom is -0.462 e. The zero-order chi connectivity index (χ0) is 59.2. The van der Waals surface area contributed by atoms with Crippen LogP contribution in [-0.4, -0.2) is 37.2 Å². The summed E-state index contributed by atoms with van der Waals surface area (Å²) < 4.78 is 16.9. The van der Waals surface area contributed by atoms with Crippen molar-refractivity contribution < 1.29 is 28.6 Å². The third kappa shape index (κ3) is 66.1. The number of carbonyl (C=O) groups excluding carboxylic acids is 3. The summed E-state index contributed by atoms with van der Waals surface area (Å²) in [7, 11) is 0. The molecule has 0 aromatic heterocycles. The molecule has 0 aliphatic carbocycles. The average Bonchev–Trinajstić information content (AvgIpc) is 3.47. The second-order valence-electron chi connectivity index (χ2n) is 22.0. The number of unbranched alkanes of at least 4 members (excludes halogenated alkanes) is 25. The third-order valence-corrected chi connectivity index (χ3v) is 14.1. The first-order valence-electron chi connectivity index (χ1n) is 33.8. The van der Waals surface area contributed by atoms with E-state index in [1.165, 1.54) is 116 Å². The van der Waals surface area contributed by atoms with Crippen LogP contribution in [0.1, 0.15) is 297 Å². The van der Waals surface area contributed by atoms with E-state index in [9.17, 15) is 14.4 Å². The molecule has 1 atom stereocenters. The van der Waals surface area contributed by atoms with Gasteiger partial charge in [0.1, 0.15) is 13.2 Å². The Morgan fingerprint density at radius 2 is 0.488 bits per heavy atom. The third-order valence-electron chi connectivity index (χ3n) is 14.1. The van der Waals surface area contributed by atoms with Crippen LogP contribution < -0.4 is 0 Å². The molecule has 0 saturated heterocycles. The van der Waals surface area contributed by atoms with Crippen molar-refractivity contribution in [2.75, 3.05) is 13.2 Å². The summed E-state index contributed by atoms with van der Waals surface area (Å²) in [6, 6.07) is 0. The molecule has 0 bridgehead atoms. The number of rotatable bonds is 60. The molecule has 0 fully saturated rings. The summed E-state index contributed by atoms with van der Waals surface area (Å²) in [6.07, 6.45) is 98.8. The second-order valence-corrected chi connectivity index (χ2v) is 22.0. The largest absolute Gasteiger partial charge is 0.462 e. The van der Waals surface area contributed by atoms with Gasteiger partial charge in [0.15, 0.2) is 6.10 Å². The minimum absolute atomic E-state index is 0.107. The molecule has 0 heterocycles. The van der Waals surface area contributed by atoms with Gasteiger partial charge in [-0.2, -0.15) is 0 Å². The Hall–Kier alpha value is -4.71. The Kier molecular flexibility index (Phi) is 64.8. The Morgan fingerprint density at radius 3 is 0.780 bits per heavy atom. The minimum atomic E-state index is -0.819. The fourth-order valence-electron chi connectivity index (χ4n) is 9.05. The summed E-state index contributed by atoms with van der Waals surface area (Å²) in [5.41, 5.74) is 0. The second kappa shape index (κ2) is 68.8. The number of carbonyl (C=O) groups is 3. The number of esters is 3. The highest BCUT2D eigenvalue weighted by Crippen LogP contribution is 2.16. The van der Waals surface area contributed by atoms with E-state index in [1.807, 2.05) is 0 Å². The zero-order valence-corrected chi connectivity index (χ0v) is 53.2. The van der Waals surface area contributed by atoms with E-state index in [0.717, 1.165) is 135 Å². The molecule has 0 rings (SSSR count). The number of ether oxygens (including phenoxy) is 3. The van der Waals surface area contributed by atoms with Crippen molar-refractivity contribution in [2.45, 2.75) is 303 Å². The fourth-order valence-corrected chi connectivity index (χ4v) is 9.05. The predicted molar refractivity (Wildman–Crippen MR) is 357 cm³/mol. The zero-order valence-electron chi connectivity index (χ0n) is 53.2. The summed E-state index contributed by atoms with van der Waals surface area (Å²) in [5.74, 6) is -0.977. The lowest BCUT2D eigenvalue weighted by Gasteiger charge is -2.18. The van der Waals surface area contributed by atoms with Crippen molar-refractivity contribution in [1.29, 1.82) is 0 Å². The molecule has 0 aromatic carbocycles. The van der Waals surface area contributed by atoms with Crippen LogP contribution in [0, 0.1) is 0 Å². The van der Waals surface area contributed by atoms with Crippen molar-refractivity contribution in [3.05, 3.63) is 146 Å². The molecule has 1 unspecified atom stereocenters.